The Labute approximate surface area is 148 Å². The van der Waals surface area contributed by atoms with Gasteiger partial charge in [-0.15, -0.1) is 0 Å². The van der Waals surface area contributed by atoms with Crippen LogP contribution in [-0.4, -0.2) is 43.6 Å². The first-order valence-electron chi connectivity index (χ1n) is 7.86. The molecule has 2 aromatic heterocycles. The van der Waals surface area contributed by atoms with Crippen LogP contribution in [0.5, 0.6) is 0 Å². The molecule has 0 saturated carbocycles. The molecule has 0 aliphatic rings. The van der Waals surface area contributed by atoms with Crippen LogP contribution < -0.4 is 5.32 Å². The first-order valence-corrected chi connectivity index (χ1v) is 7.86. The lowest BCUT2D eigenvalue weighted by Crippen LogP contribution is -2.13. The molecule has 1 amide bonds. The SMILES string of the molecule is COC(=O)CCn1cnc2c(NC(=O)c3ccc(CO)cc3)ncnc21. The largest absolute Gasteiger partial charge is 0.469 e. The van der Waals surface area contributed by atoms with E-state index in [1.807, 2.05) is 0 Å². The highest BCUT2D eigenvalue weighted by molar-refractivity contribution is 6.06. The van der Waals surface area contributed by atoms with Gasteiger partial charge in [-0.05, 0) is 17.7 Å². The molecule has 9 nitrogen and oxygen atoms in total. The summed E-state index contributed by atoms with van der Waals surface area (Å²) in [5.74, 6) is -0.401. The van der Waals surface area contributed by atoms with Gasteiger partial charge in [0.1, 0.15) is 6.33 Å². The molecule has 0 saturated heterocycles. The summed E-state index contributed by atoms with van der Waals surface area (Å²) in [7, 11) is 1.33. The van der Waals surface area contributed by atoms with Crippen molar-refractivity contribution in [2.24, 2.45) is 0 Å². The number of hydrogen-bond acceptors (Lipinski definition) is 7. The Morgan fingerprint density at radius 2 is 1.96 bits per heavy atom. The lowest BCUT2D eigenvalue weighted by molar-refractivity contribution is -0.140. The number of anilines is 1. The molecule has 0 radical (unpaired) electrons. The Bertz CT molecular complexity index is 936. The number of nitrogens with one attached hydrogen (secondary N) is 1. The van der Waals surface area contributed by atoms with Crippen molar-refractivity contribution in [2.75, 3.05) is 12.4 Å². The van der Waals surface area contributed by atoms with Gasteiger partial charge in [0.25, 0.3) is 5.91 Å². The van der Waals surface area contributed by atoms with Crippen molar-refractivity contribution in [3.05, 3.63) is 48.0 Å². The average molecular weight is 355 g/mol. The van der Waals surface area contributed by atoms with Gasteiger partial charge in [0.2, 0.25) is 0 Å². The normalized spacial score (nSPS) is 10.7. The molecule has 3 rings (SSSR count). The zero-order valence-electron chi connectivity index (χ0n) is 14.0. The number of nitrogens with zero attached hydrogens (tertiary/aromatic N) is 4. The van der Waals surface area contributed by atoms with E-state index in [-0.39, 0.29) is 30.7 Å². The number of methoxy groups -OCH3 is 1. The second-order valence-corrected chi connectivity index (χ2v) is 5.47. The second kappa shape index (κ2) is 7.70. The van der Waals surface area contributed by atoms with E-state index < -0.39 is 0 Å². The van der Waals surface area contributed by atoms with Crippen LogP contribution in [-0.2, 0) is 22.7 Å². The quantitative estimate of drug-likeness (QED) is 0.636. The van der Waals surface area contributed by atoms with Gasteiger partial charge >= 0.3 is 5.97 Å². The maximum atomic E-state index is 12.4. The summed E-state index contributed by atoms with van der Waals surface area (Å²) in [4.78, 5) is 36.2. The van der Waals surface area contributed by atoms with Crippen molar-refractivity contribution in [1.29, 1.82) is 0 Å². The highest BCUT2D eigenvalue weighted by Crippen LogP contribution is 2.18. The fraction of sp³-hybridized carbons (Fsp3) is 0.235. The number of aliphatic hydroxyl groups is 1. The number of esters is 1. The molecular weight excluding hydrogens is 338 g/mol. The molecule has 0 bridgehead atoms. The molecule has 0 spiro atoms. The standard InChI is InChI=1S/C17H17N5O4/c1-26-13(24)6-7-22-10-20-14-15(18-9-19-16(14)22)21-17(25)12-4-2-11(8-23)3-5-12/h2-5,9-10,23H,6-8H2,1H3,(H,18,19,21,25). The number of carbonyl (C=O) groups is 2. The van der Waals surface area contributed by atoms with Crippen molar-refractivity contribution in [1.82, 2.24) is 19.5 Å². The monoisotopic (exact) mass is 355 g/mol. The molecule has 26 heavy (non-hydrogen) atoms. The summed E-state index contributed by atoms with van der Waals surface area (Å²) in [6.45, 7) is 0.271. The number of carbonyl (C=O) groups excluding carboxylic acids is 2. The Morgan fingerprint density at radius 1 is 1.19 bits per heavy atom. The molecular formula is C17H17N5O4. The van der Waals surface area contributed by atoms with Crippen LogP contribution in [0.3, 0.4) is 0 Å². The minimum absolute atomic E-state index is 0.0859. The molecule has 2 heterocycles. The van der Waals surface area contributed by atoms with Crippen LogP contribution in [0.25, 0.3) is 11.2 Å². The third-order valence-electron chi connectivity index (χ3n) is 3.82. The molecule has 134 valence electrons. The van der Waals surface area contributed by atoms with Crippen LogP contribution in [0, 0.1) is 0 Å². The molecule has 0 aliphatic heterocycles. The zero-order chi connectivity index (χ0) is 18.5. The van der Waals surface area contributed by atoms with Crippen molar-refractivity contribution in [2.45, 2.75) is 19.6 Å². The van der Waals surface area contributed by atoms with Gasteiger partial charge in [-0.1, -0.05) is 12.1 Å². The number of ether oxygens (including phenoxy) is 1. The number of aliphatic hydroxyl groups excluding tert-OH is 1. The molecule has 1 aromatic carbocycles. The maximum absolute atomic E-state index is 12.4. The fourth-order valence-corrected chi connectivity index (χ4v) is 2.39. The lowest BCUT2D eigenvalue weighted by Gasteiger charge is -2.06. The number of imidazole rings is 1. The zero-order valence-corrected chi connectivity index (χ0v) is 14.0. The second-order valence-electron chi connectivity index (χ2n) is 5.47. The highest BCUT2D eigenvalue weighted by Gasteiger charge is 2.14. The first-order chi connectivity index (χ1) is 12.6. The summed E-state index contributed by atoms with van der Waals surface area (Å²) in [5.41, 5.74) is 2.09. The smallest absolute Gasteiger partial charge is 0.307 e. The van der Waals surface area contributed by atoms with Crippen molar-refractivity contribution >= 4 is 28.9 Å². The Morgan fingerprint density at radius 3 is 2.65 bits per heavy atom. The van der Waals surface area contributed by atoms with E-state index in [2.05, 4.69) is 25.0 Å². The van der Waals surface area contributed by atoms with Gasteiger partial charge in [0.15, 0.2) is 17.0 Å². The third kappa shape index (κ3) is 3.67. The van der Waals surface area contributed by atoms with Gasteiger partial charge < -0.3 is 19.7 Å². The number of aromatic nitrogens is 4. The molecule has 0 fully saturated rings. The maximum Gasteiger partial charge on any atom is 0.307 e. The van der Waals surface area contributed by atoms with Crippen LogP contribution in [0.2, 0.25) is 0 Å². The molecule has 0 aliphatic carbocycles. The molecule has 3 aromatic rings. The summed E-state index contributed by atoms with van der Waals surface area (Å²) >= 11 is 0. The number of hydrogen-bond donors (Lipinski definition) is 2. The van der Waals surface area contributed by atoms with Crippen LogP contribution in [0.4, 0.5) is 5.82 Å². The summed E-state index contributed by atoms with van der Waals surface area (Å²) < 4.78 is 6.32. The fourth-order valence-electron chi connectivity index (χ4n) is 2.39. The number of amides is 1. The lowest BCUT2D eigenvalue weighted by atomic mass is 10.1. The Hall–Kier alpha value is -3.33. The van der Waals surface area contributed by atoms with Crippen LogP contribution >= 0.6 is 0 Å². The number of benzene rings is 1. The van der Waals surface area contributed by atoms with E-state index in [1.54, 1.807) is 28.8 Å². The first kappa shape index (κ1) is 17.5. The van der Waals surface area contributed by atoms with Crippen LogP contribution in [0.15, 0.2) is 36.9 Å². The predicted octanol–water partition coefficient (Wildman–Crippen LogP) is 1.13. The van der Waals surface area contributed by atoms with E-state index in [9.17, 15) is 9.59 Å². The Balaban J connectivity index is 1.80. The minimum atomic E-state index is -0.349. The Kier molecular flexibility index (Phi) is 5.18. The average Bonchev–Trinajstić information content (AvgIpc) is 3.10. The molecule has 2 N–H and O–H groups in total. The molecule has 9 heteroatoms. The van der Waals surface area contributed by atoms with E-state index in [0.717, 1.165) is 5.56 Å². The van der Waals surface area contributed by atoms with E-state index in [1.165, 1.54) is 19.8 Å². The number of rotatable bonds is 6. The van der Waals surface area contributed by atoms with Gasteiger partial charge in [-0.3, -0.25) is 9.59 Å². The highest BCUT2D eigenvalue weighted by atomic mass is 16.5. The van der Waals surface area contributed by atoms with E-state index >= 15 is 0 Å². The van der Waals surface area contributed by atoms with Gasteiger partial charge in [-0.25, -0.2) is 15.0 Å². The van der Waals surface area contributed by atoms with Crippen LogP contribution in [0.1, 0.15) is 22.3 Å². The summed E-state index contributed by atoms with van der Waals surface area (Å²) in [6.07, 6.45) is 3.04. The van der Waals surface area contributed by atoms with E-state index in [0.29, 0.717) is 23.3 Å². The number of fused-ring (bicyclic) bond motifs is 1. The molecule has 0 atom stereocenters. The van der Waals surface area contributed by atoms with Crippen molar-refractivity contribution in [3.8, 4) is 0 Å². The topological polar surface area (TPSA) is 119 Å². The minimum Gasteiger partial charge on any atom is -0.469 e. The van der Waals surface area contributed by atoms with Gasteiger partial charge in [0, 0.05) is 12.1 Å². The van der Waals surface area contributed by atoms with Crippen molar-refractivity contribution < 1.29 is 19.4 Å². The number of aryl methyl sites for hydroxylation is 1. The van der Waals surface area contributed by atoms with Crippen molar-refractivity contribution in [3.63, 3.8) is 0 Å². The predicted molar refractivity (Wildman–Crippen MR) is 92.3 cm³/mol. The van der Waals surface area contributed by atoms with Gasteiger partial charge in [-0.2, -0.15) is 0 Å². The van der Waals surface area contributed by atoms with E-state index in [4.69, 9.17) is 5.11 Å². The third-order valence-corrected chi connectivity index (χ3v) is 3.82. The van der Waals surface area contributed by atoms with Gasteiger partial charge in [0.05, 0.1) is 26.5 Å². The molecule has 0 unspecified atom stereocenters. The summed E-state index contributed by atoms with van der Waals surface area (Å²) in [5, 5.41) is 11.8. The summed E-state index contributed by atoms with van der Waals surface area (Å²) in [6, 6.07) is 6.58.